The number of aldehydes is 1. The monoisotopic (exact) mass is 440 g/mol. The van der Waals surface area contributed by atoms with E-state index < -0.39 is 35.7 Å². The summed E-state index contributed by atoms with van der Waals surface area (Å²) in [5, 5.41) is 5.11. The van der Waals surface area contributed by atoms with E-state index in [0.29, 0.717) is 12.4 Å². The smallest absolute Gasteiger partial charge is 0.403 e. The highest BCUT2D eigenvalue weighted by Gasteiger charge is 2.33. The Labute approximate surface area is 174 Å². The lowest BCUT2D eigenvalue weighted by molar-refractivity contribution is -0.275. The summed E-state index contributed by atoms with van der Waals surface area (Å²) < 4.78 is 69.4. The lowest BCUT2D eigenvalue weighted by atomic mass is 9.97. The van der Waals surface area contributed by atoms with Gasteiger partial charge in [-0.3, -0.25) is 9.59 Å². The lowest BCUT2D eigenvalue weighted by Gasteiger charge is -2.21. The van der Waals surface area contributed by atoms with Crippen molar-refractivity contribution in [2.75, 3.05) is 7.05 Å². The van der Waals surface area contributed by atoms with Crippen molar-refractivity contribution in [3.63, 3.8) is 0 Å². The van der Waals surface area contributed by atoms with Gasteiger partial charge in [0.1, 0.15) is 12.1 Å². The van der Waals surface area contributed by atoms with Gasteiger partial charge < -0.3 is 15.4 Å². The summed E-state index contributed by atoms with van der Waals surface area (Å²) in [6.45, 7) is 0. The standard InChI is InChI=1S/C21H17F5N2O3/c1-27-12-14(5-4-10-29)20(30)28-19(15-6-2-3-7-16(15)22)13-8-9-18(17(23)11-13)31-21(24,25)26/h2-12,19,27H,1H3,(H,28,30)/b5-4-,14-12+. The van der Waals surface area contributed by atoms with Gasteiger partial charge in [0, 0.05) is 18.8 Å². The van der Waals surface area contributed by atoms with Crippen LogP contribution < -0.4 is 15.4 Å². The second-order valence-electron chi connectivity index (χ2n) is 6.05. The zero-order valence-electron chi connectivity index (χ0n) is 16.0. The van der Waals surface area contributed by atoms with Crippen LogP contribution in [0.3, 0.4) is 0 Å². The van der Waals surface area contributed by atoms with Gasteiger partial charge in [-0.25, -0.2) is 8.78 Å². The van der Waals surface area contributed by atoms with E-state index in [-0.39, 0.29) is 16.7 Å². The number of nitrogens with one attached hydrogen (secondary N) is 2. The molecule has 164 valence electrons. The van der Waals surface area contributed by atoms with E-state index in [4.69, 9.17) is 0 Å². The van der Waals surface area contributed by atoms with Gasteiger partial charge in [0.15, 0.2) is 11.6 Å². The largest absolute Gasteiger partial charge is 0.573 e. The van der Waals surface area contributed by atoms with Crippen LogP contribution in [0.5, 0.6) is 5.75 Å². The Morgan fingerprint density at radius 2 is 1.81 bits per heavy atom. The number of carbonyl (C=O) groups excluding carboxylic acids is 2. The maximum atomic E-state index is 14.4. The van der Waals surface area contributed by atoms with Gasteiger partial charge in [-0.05, 0) is 35.9 Å². The van der Waals surface area contributed by atoms with Gasteiger partial charge in [0.05, 0.1) is 11.6 Å². The molecule has 0 aliphatic rings. The zero-order chi connectivity index (χ0) is 23.0. The Hall–Kier alpha value is -3.69. The van der Waals surface area contributed by atoms with Crippen LogP contribution in [0.4, 0.5) is 22.0 Å². The van der Waals surface area contributed by atoms with Crippen LogP contribution in [0.15, 0.2) is 66.4 Å². The minimum absolute atomic E-state index is 0.00608. The Morgan fingerprint density at radius 1 is 1.10 bits per heavy atom. The number of alkyl halides is 3. The second kappa shape index (κ2) is 10.4. The zero-order valence-corrected chi connectivity index (χ0v) is 16.0. The summed E-state index contributed by atoms with van der Waals surface area (Å²) in [7, 11) is 1.51. The molecule has 10 heteroatoms. The van der Waals surface area contributed by atoms with Crippen LogP contribution in [0.25, 0.3) is 0 Å². The molecule has 0 saturated heterocycles. The minimum atomic E-state index is -5.10. The summed E-state index contributed by atoms with van der Waals surface area (Å²) in [6, 6.07) is 6.58. The van der Waals surface area contributed by atoms with Crippen LogP contribution >= 0.6 is 0 Å². The molecule has 2 N–H and O–H groups in total. The maximum Gasteiger partial charge on any atom is 0.573 e. The van der Waals surface area contributed by atoms with Crippen molar-refractivity contribution in [2.45, 2.75) is 12.4 Å². The van der Waals surface area contributed by atoms with Crippen LogP contribution in [-0.2, 0) is 9.59 Å². The quantitative estimate of drug-likeness (QED) is 0.283. The molecule has 2 aromatic rings. The van der Waals surface area contributed by atoms with E-state index in [1.54, 1.807) is 0 Å². The molecule has 31 heavy (non-hydrogen) atoms. The number of allylic oxidation sites excluding steroid dienone is 1. The van der Waals surface area contributed by atoms with Crippen LogP contribution in [-0.4, -0.2) is 25.6 Å². The number of ether oxygens (including phenoxy) is 1. The van der Waals surface area contributed by atoms with E-state index in [2.05, 4.69) is 15.4 Å². The first kappa shape index (κ1) is 23.6. The summed E-state index contributed by atoms with van der Waals surface area (Å²) in [5.41, 5.74) is -0.0926. The first-order chi connectivity index (χ1) is 14.7. The predicted molar refractivity (Wildman–Crippen MR) is 102 cm³/mol. The molecule has 0 aromatic heterocycles. The Balaban J connectivity index is 2.48. The number of hydrogen-bond acceptors (Lipinski definition) is 4. The van der Waals surface area contributed by atoms with Crippen molar-refractivity contribution in [3.8, 4) is 5.75 Å². The first-order valence-corrected chi connectivity index (χ1v) is 8.76. The SMILES string of the molecule is CN/C=C(\C=C/C=O)C(=O)NC(c1ccc(OC(F)(F)F)c(F)c1)c1ccccc1F. The van der Waals surface area contributed by atoms with Gasteiger partial charge >= 0.3 is 6.36 Å². The molecule has 0 bridgehead atoms. The fraction of sp³-hybridized carbons (Fsp3) is 0.143. The number of amides is 1. The normalized spacial score (nSPS) is 13.0. The molecule has 0 aliphatic heterocycles. The van der Waals surface area contributed by atoms with Gasteiger partial charge in [-0.15, -0.1) is 13.2 Å². The molecule has 0 fully saturated rings. The molecule has 0 heterocycles. The molecular weight excluding hydrogens is 423 g/mol. The fourth-order valence-electron chi connectivity index (χ4n) is 2.66. The van der Waals surface area contributed by atoms with Crippen LogP contribution in [0.2, 0.25) is 0 Å². The molecule has 5 nitrogen and oxygen atoms in total. The second-order valence-corrected chi connectivity index (χ2v) is 6.05. The molecule has 0 saturated carbocycles. The molecule has 1 atom stereocenters. The lowest BCUT2D eigenvalue weighted by Crippen LogP contribution is -2.31. The van der Waals surface area contributed by atoms with E-state index in [9.17, 15) is 31.5 Å². The Bertz CT molecular complexity index is 1000. The summed E-state index contributed by atoms with van der Waals surface area (Å²) in [4.78, 5) is 23.2. The van der Waals surface area contributed by atoms with Crippen molar-refractivity contribution in [1.82, 2.24) is 10.6 Å². The van der Waals surface area contributed by atoms with Crippen molar-refractivity contribution in [2.24, 2.45) is 0 Å². The van der Waals surface area contributed by atoms with Crippen molar-refractivity contribution < 1.29 is 36.3 Å². The number of carbonyl (C=O) groups is 2. The Morgan fingerprint density at radius 3 is 2.39 bits per heavy atom. The highest BCUT2D eigenvalue weighted by atomic mass is 19.4. The third-order valence-corrected chi connectivity index (χ3v) is 3.92. The first-order valence-electron chi connectivity index (χ1n) is 8.76. The summed E-state index contributed by atoms with van der Waals surface area (Å²) in [6.07, 6.45) is -1.13. The van der Waals surface area contributed by atoms with E-state index >= 15 is 0 Å². The van der Waals surface area contributed by atoms with Crippen molar-refractivity contribution >= 4 is 12.2 Å². The van der Waals surface area contributed by atoms with Crippen LogP contribution in [0.1, 0.15) is 17.2 Å². The minimum Gasteiger partial charge on any atom is -0.403 e. The third kappa shape index (κ3) is 6.66. The summed E-state index contributed by atoms with van der Waals surface area (Å²) in [5.74, 6) is -3.90. The highest BCUT2D eigenvalue weighted by Crippen LogP contribution is 2.31. The number of hydrogen-bond donors (Lipinski definition) is 2. The third-order valence-electron chi connectivity index (χ3n) is 3.92. The van der Waals surface area contributed by atoms with Gasteiger partial charge in [0.2, 0.25) is 0 Å². The molecule has 0 radical (unpaired) electrons. The summed E-state index contributed by atoms with van der Waals surface area (Å²) >= 11 is 0. The average Bonchev–Trinajstić information content (AvgIpc) is 2.70. The molecule has 2 rings (SSSR count). The van der Waals surface area contributed by atoms with E-state index in [1.807, 2.05) is 0 Å². The van der Waals surface area contributed by atoms with E-state index in [0.717, 1.165) is 24.3 Å². The maximum absolute atomic E-state index is 14.4. The fourth-order valence-corrected chi connectivity index (χ4v) is 2.66. The molecule has 1 unspecified atom stereocenters. The number of rotatable bonds is 8. The Kier molecular flexibility index (Phi) is 7.89. The van der Waals surface area contributed by atoms with Crippen molar-refractivity contribution in [1.29, 1.82) is 0 Å². The van der Waals surface area contributed by atoms with Gasteiger partial charge in [-0.2, -0.15) is 0 Å². The number of benzene rings is 2. The molecule has 1 amide bonds. The van der Waals surface area contributed by atoms with Crippen molar-refractivity contribution in [3.05, 3.63) is 89.2 Å². The molecule has 0 aliphatic carbocycles. The molecular formula is C21H17F5N2O3. The number of halogens is 5. The predicted octanol–water partition coefficient (Wildman–Crippen LogP) is 3.93. The molecule has 2 aromatic carbocycles. The topological polar surface area (TPSA) is 67.4 Å². The highest BCUT2D eigenvalue weighted by molar-refractivity contribution is 5.97. The van der Waals surface area contributed by atoms with Gasteiger partial charge in [0.25, 0.3) is 5.91 Å². The average molecular weight is 440 g/mol. The molecule has 0 spiro atoms. The van der Waals surface area contributed by atoms with E-state index in [1.165, 1.54) is 37.5 Å². The van der Waals surface area contributed by atoms with Crippen LogP contribution in [0, 0.1) is 11.6 Å². The van der Waals surface area contributed by atoms with Gasteiger partial charge in [-0.1, -0.05) is 24.3 Å².